The van der Waals surface area contributed by atoms with Gasteiger partial charge in [0.15, 0.2) is 11.5 Å². The lowest BCUT2D eigenvalue weighted by molar-refractivity contribution is -0.277. The largest absolute Gasteiger partial charge is 0.490 e. The van der Waals surface area contributed by atoms with E-state index in [9.17, 15) is 28.8 Å². The second-order valence-corrected chi connectivity index (χ2v) is 8.17. The minimum Gasteiger partial charge on any atom is -0.490 e. The molecule has 1 aliphatic rings. The lowest BCUT2D eigenvalue weighted by Gasteiger charge is -2.38. The fourth-order valence-corrected chi connectivity index (χ4v) is 3.71. The Morgan fingerprint density at radius 1 is 0.967 bits per heavy atom. The zero-order valence-corrected chi connectivity index (χ0v) is 17.6. The first kappa shape index (κ1) is 24.8. The van der Waals surface area contributed by atoms with Gasteiger partial charge in [0, 0.05) is 0 Å². The van der Waals surface area contributed by atoms with Crippen LogP contribution in [0.1, 0.15) is 39.0 Å². The minimum absolute atomic E-state index is 0.115. The standard InChI is InChI=1S/C19H30O10S/c1-2-3-4-5-8-11-26-13-9-6-7-10-14(13)28-30(24,25)29-19-18(23)17(22)16(21)15(12-20)27-19/h6-7,9-10,15-23H,2-5,8,11-12H2,1H3/t15-,16-,17+,18+,19+/m1/s1. The van der Waals surface area contributed by atoms with Crippen molar-refractivity contribution in [3.8, 4) is 11.5 Å². The lowest BCUT2D eigenvalue weighted by atomic mass is 10.00. The third-order valence-electron chi connectivity index (χ3n) is 4.61. The summed E-state index contributed by atoms with van der Waals surface area (Å²) in [5.41, 5.74) is 0. The maximum absolute atomic E-state index is 12.3. The van der Waals surface area contributed by atoms with Gasteiger partial charge < -0.3 is 34.1 Å². The Morgan fingerprint density at radius 2 is 1.63 bits per heavy atom. The number of aliphatic hydroxyl groups excluding tert-OH is 4. The van der Waals surface area contributed by atoms with Crippen LogP contribution < -0.4 is 8.92 Å². The van der Waals surface area contributed by atoms with Crippen molar-refractivity contribution in [2.45, 2.75) is 69.7 Å². The molecule has 0 aromatic heterocycles. The monoisotopic (exact) mass is 450 g/mol. The van der Waals surface area contributed by atoms with Gasteiger partial charge in [-0.2, -0.15) is 8.42 Å². The van der Waals surface area contributed by atoms with Crippen molar-refractivity contribution in [1.29, 1.82) is 0 Å². The van der Waals surface area contributed by atoms with E-state index in [2.05, 4.69) is 6.92 Å². The van der Waals surface area contributed by atoms with E-state index in [4.69, 9.17) is 17.8 Å². The topological polar surface area (TPSA) is 152 Å². The van der Waals surface area contributed by atoms with Crippen molar-refractivity contribution in [3.63, 3.8) is 0 Å². The second-order valence-electron chi connectivity index (χ2n) is 6.99. The summed E-state index contributed by atoms with van der Waals surface area (Å²) < 4.78 is 44.9. The van der Waals surface area contributed by atoms with Gasteiger partial charge >= 0.3 is 10.4 Å². The molecule has 1 heterocycles. The molecule has 0 amide bonds. The van der Waals surface area contributed by atoms with Gasteiger partial charge in [-0.05, 0) is 18.6 Å². The molecule has 1 fully saturated rings. The summed E-state index contributed by atoms with van der Waals surface area (Å²) in [6, 6.07) is 6.13. The zero-order valence-electron chi connectivity index (χ0n) is 16.8. The average Bonchev–Trinajstić information content (AvgIpc) is 2.71. The summed E-state index contributed by atoms with van der Waals surface area (Å²) in [7, 11) is -4.74. The summed E-state index contributed by atoms with van der Waals surface area (Å²) in [4.78, 5) is 0. The number of hydrogen-bond donors (Lipinski definition) is 4. The van der Waals surface area contributed by atoms with E-state index in [0.717, 1.165) is 32.1 Å². The van der Waals surface area contributed by atoms with E-state index in [0.29, 0.717) is 6.61 Å². The molecule has 4 N–H and O–H groups in total. The van der Waals surface area contributed by atoms with Crippen LogP contribution in [0.5, 0.6) is 11.5 Å². The zero-order chi connectivity index (χ0) is 22.1. The van der Waals surface area contributed by atoms with Crippen LogP contribution in [0.3, 0.4) is 0 Å². The Bertz CT molecular complexity index is 739. The predicted octanol–water partition coefficient (Wildman–Crippen LogP) is 0.476. The molecule has 0 unspecified atom stereocenters. The number of rotatable bonds is 12. The Labute approximate surface area is 176 Å². The highest BCUT2D eigenvalue weighted by Crippen LogP contribution is 2.30. The van der Waals surface area contributed by atoms with Gasteiger partial charge in [-0.25, -0.2) is 4.18 Å². The van der Waals surface area contributed by atoms with Crippen LogP contribution in [-0.4, -0.2) is 72.8 Å². The molecule has 1 saturated heterocycles. The maximum Gasteiger partial charge on any atom is 0.451 e. The number of unbranched alkanes of at least 4 members (excludes halogenated alkanes) is 4. The molecular formula is C19H30O10S. The first-order valence-electron chi connectivity index (χ1n) is 9.94. The first-order valence-corrected chi connectivity index (χ1v) is 11.3. The lowest BCUT2D eigenvalue weighted by Crippen LogP contribution is -2.59. The second kappa shape index (κ2) is 11.8. The molecule has 1 aromatic rings. The molecule has 0 bridgehead atoms. The predicted molar refractivity (Wildman–Crippen MR) is 105 cm³/mol. The summed E-state index contributed by atoms with van der Waals surface area (Å²) in [5, 5.41) is 38.6. The van der Waals surface area contributed by atoms with E-state index < -0.39 is 47.7 Å². The highest BCUT2D eigenvalue weighted by molar-refractivity contribution is 7.82. The summed E-state index contributed by atoms with van der Waals surface area (Å²) >= 11 is 0. The smallest absolute Gasteiger partial charge is 0.451 e. The Morgan fingerprint density at radius 3 is 2.30 bits per heavy atom. The molecule has 172 valence electrons. The maximum atomic E-state index is 12.3. The Balaban J connectivity index is 1.98. The Hall–Kier alpha value is -1.47. The van der Waals surface area contributed by atoms with Gasteiger partial charge in [-0.3, -0.25) is 0 Å². The number of aliphatic hydroxyl groups is 4. The first-order chi connectivity index (χ1) is 14.3. The van der Waals surface area contributed by atoms with Gasteiger partial charge in [0.05, 0.1) is 13.2 Å². The minimum atomic E-state index is -4.74. The SMILES string of the molecule is CCCCCCCOc1ccccc1OS(=O)(=O)O[C@@H]1O[C@H](CO)[C@@H](O)[C@H](O)[C@@H]1O. The van der Waals surface area contributed by atoms with Crippen molar-refractivity contribution in [3.05, 3.63) is 24.3 Å². The molecule has 0 spiro atoms. The van der Waals surface area contributed by atoms with Gasteiger partial charge in [-0.15, -0.1) is 0 Å². The molecule has 30 heavy (non-hydrogen) atoms. The summed E-state index contributed by atoms with van der Waals surface area (Å²) in [6.07, 6.45) is -3.31. The molecular weight excluding hydrogens is 420 g/mol. The van der Waals surface area contributed by atoms with Crippen LogP contribution in [-0.2, 0) is 19.3 Å². The van der Waals surface area contributed by atoms with Crippen molar-refractivity contribution >= 4 is 10.4 Å². The molecule has 0 radical (unpaired) electrons. The van der Waals surface area contributed by atoms with Crippen molar-refractivity contribution in [2.24, 2.45) is 0 Å². The van der Waals surface area contributed by atoms with Crippen LogP contribution in [0.25, 0.3) is 0 Å². The molecule has 0 saturated carbocycles. The van der Waals surface area contributed by atoms with Crippen LogP contribution in [0, 0.1) is 0 Å². The fourth-order valence-electron chi connectivity index (χ4n) is 2.92. The number of para-hydroxylation sites is 2. The normalized spacial score (nSPS) is 27.0. The third-order valence-corrected chi connectivity index (χ3v) is 5.42. The molecule has 0 aliphatic carbocycles. The van der Waals surface area contributed by atoms with E-state index in [1.165, 1.54) is 6.07 Å². The van der Waals surface area contributed by atoms with Gasteiger partial charge in [0.1, 0.15) is 24.4 Å². The van der Waals surface area contributed by atoms with Crippen LogP contribution >= 0.6 is 0 Å². The number of benzene rings is 1. The van der Waals surface area contributed by atoms with Gasteiger partial charge in [0.2, 0.25) is 6.29 Å². The summed E-state index contributed by atoms with van der Waals surface area (Å²) in [5.74, 6) is 0.0876. The molecule has 1 aromatic carbocycles. The van der Waals surface area contributed by atoms with Crippen LogP contribution in [0.2, 0.25) is 0 Å². The average molecular weight is 451 g/mol. The number of hydrogen-bond acceptors (Lipinski definition) is 10. The molecule has 10 nitrogen and oxygen atoms in total. The Kier molecular flexibility index (Phi) is 9.75. The van der Waals surface area contributed by atoms with Crippen LogP contribution in [0.15, 0.2) is 24.3 Å². The molecule has 1 aliphatic heterocycles. The van der Waals surface area contributed by atoms with E-state index in [1.807, 2.05) is 0 Å². The number of ether oxygens (including phenoxy) is 2. The molecule has 5 atom stereocenters. The third kappa shape index (κ3) is 7.05. The fraction of sp³-hybridized carbons (Fsp3) is 0.684. The van der Waals surface area contributed by atoms with E-state index in [-0.39, 0.29) is 11.5 Å². The van der Waals surface area contributed by atoms with Crippen molar-refractivity contribution < 1.29 is 46.7 Å². The van der Waals surface area contributed by atoms with Crippen molar-refractivity contribution in [2.75, 3.05) is 13.2 Å². The molecule has 11 heteroatoms. The highest BCUT2D eigenvalue weighted by atomic mass is 32.3. The molecule has 2 rings (SSSR count). The quantitative estimate of drug-likeness (QED) is 0.331. The van der Waals surface area contributed by atoms with Gasteiger partial charge in [-0.1, -0.05) is 44.7 Å². The van der Waals surface area contributed by atoms with E-state index >= 15 is 0 Å². The van der Waals surface area contributed by atoms with E-state index in [1.54, 1.807) is 18.2 Å². The van der Waals surface area contributed by atoms with Crippen LogP contribution in [0.4, 0.5) is 0 Å². The van der Waals surface area contributed by atoms with Gasteiger partial charge in [0.25, 0.3) is 0 Å². The summed E-state index contributed by atoms with van der Waals surface area (Å²) in [6.45, 7) is 1.79. The van der Waals surface area contributed by atoms with Crippen molar-refractivity contribution in [1.82, 2.24) is 0 Å². The highest BCUT2D eigenvalue weighted by Gasteiger charge is 2.46.